The minimum atomic E-state index is -4.80. The Morgan fingerprint density at radius 2 is 1.67 bits per heavy atom. The van der Waals surface area contributed by atoms with Gasteiger partial charge in [0.15, 0.2) is 0 Å². The van der Waals surface area contributed by atoms with Crippen LogP contribution in [0.3, 0.4) is 0 Å². The molecule has 0 amide bonds. The van der Waals surface area contributed by atoms with Gasteiger partial charge in [0.1, 0.15) is 0 Å². The maximum Gasteiger partial charge on any atom is 0.471 e. The van der Waals surface area contributed by atoms with Crippen molar-refractivity contribution in [1.29, 1.82) is 0 Å². The maximum absolute atomic E-state index is 13.3. The zero-order valence-corrected chi connectivity index (χ0v) is 10.5. The average molecular weight is 327 g/mol. The van der Waals surface area contributed by atoms with Crippen LogP contribution in [0.5, 0.6) is 0 Å². The summed E-state index contributed by atoms with van der Waals surface area (Å²) < 4.78 is 67.4. The number of rotatable bonds is 3. The van der Waals surface area contributed by atoms with Crippen LogP contribution < -0.4 is 0 Å². The number of carbonyl (C=O) groups is 1. The average Bonchev–Trinajstić information content (AvgIpc) is 2.88. The van der Waals surface area contributed by atoms with Crippen molar-refractivity contribution >= 4 is 16.8 Å². The van der Waals surface area contributed by atoms with Crippen molar-refractivity contribution in [2.75, 3.05) is 0 Å². The van der Waals surface area contributed by atoms with Gasteiger partial charge >= 0.3 is 18.0 Å². The van der Waals surface area contributed by atoms with Gasteiger partial charge < -0.3 is 4.52 Å². The van der Waals surface area contributed by atoms with Crippen LogP contribution in [0.25, 0.3) is 11.4 Å². The fourth-order valence-corrected chi connectivity index (χ4v) is 1.51. The summed E-state index contributed by atoms with van der Waals surface area (Å²) in [5.74, 6) is -5.87. The van der Waals surface area contributed by atoms with Crippen molar-refractivity contribution in [3.63, 3.8) is 0 Å². The molecule has 2 rings (SSSR count). The van der Waals surface area contributed by atoms with Crippen LogP contribution in [-0.4, -0.2) is 15.4 Å². The van der Waals surface area contributed by atoms with Crippen molar-refractivity contribution in [3.05, 3.63) is 35.7 Å². The van der Waals surface area contributed by atoms with E-state index in [1.54, 1.807) is 0 Å². The monoisotopic (exact) mass is 326 g/mol. The summed E-state index contributed by atoms with van der Waals surface area (Å²) in [5, 5.41) is 1.23. The minimum Gasteiger partial charge on any atom is -0.329 e. The Balaban J connectivity index is 2.32. The molecule has 0 aliphatic heterocycles. The van der Waals surface area contributed by atoms with Crippen LogP contribution in [-0.2, 0) is 16.9 Å². The molecule has 0 saturated heterocycles. The molecule has 0 unspecified atom stereocenters. The first-order valence-electron chi connectivity index (χ1n) is 5.22. The number of nitrogens with zero attached hydrogens (tertiary/aromatic N) is 2. The third-order valence-corrected chi connectivity index (χ3v) is 2.66. The number of halogens is 6. The first-order chi connectivity index (χ1) is 9.62. The second kappa shape index (κ2) is 5.06. The van der Waals surface area contributed by atoms with Crippen LogP contribution in [0, 0.1) is 0 Å². The molecule has 2 aromatic rings. The van der Waals surface area contributed by atoms with Gasteiger partial charge in [0.25, 0.3) is 5.24 Å². The van der Waals surface area contributed by atoms with E-state index in [1.165, 1.54) is 0 Å². The first kappa shape index (κ1) is 15.4. The van der Waals surface area contributed by atoms with E-state index in [0.29, 0.717) is 0 Å². The molecule has 10 heteroatoms. The Morgan fingerprint density at radius 3 is 2.10 bits per heavy atom. The molecular formula is C11H4ClF5N2O2. The molecule has 0 aliphatic carbocycles. The Labute approximate surface area is 118 Å². The van der Waals surface area contributed by atoms with E-state index >= 15 is 0 Å². The lowest BCUT2D eigenvalue weighted by atomic mass is 10.1. The summed E-state index contributed by atoms with van der Waals surface area (Å²) in [6.45, 7) is 0. The zero-order valence-electron chi connectivity index (χ0n) is 9.79. The molecule has 1 heterocycles. The molecule has 1 aromatic carbocycles. The molecule has 0 saturated carbocycles. The smallest absolute Gasteiger partial charge is 0.329 e. The molecule has 0 fully saturated rings. The van der Waals surface area contributed by atoms with Crippen LogP contribution in [0.2, 0.25) is 0 Å². The normalized spacial score (nSPS) is 12.5. The third kappa shape index (κ3) is 3.02. The highest BCUT2D eigenvalue weighted by molar-refractivity contribution is 6.65. The van der Waals surface area contributed by atoms with Crippen molar-refractivity contribution in [3.8, 4) is 11.4 Å². The number of hydrogen-bond donors (Lipinski definition) is 0. The van der Waals surface area contributed by atoms with E-state index in [2.05, 4.69) is 14.7 Å². The van der Waals surface area contributed by atoms with Crippen LogP contribution >= 0.6 is 11.6 Å². The van der Waals surface area contributed by atoms with Gasteiger partial charge in [-0.05, 0) is 11.6 Å². The molecule has 0 atom stereocenters. The van der Waals surface area contributed by atoms with Gasteiger partial charge in [-0.3, -0.25) is 4.79 Å². The summed E-state index contributed by atoms with van der Waals surface area (Å²) in [6.07, 6.45) is -4.80. The number of aromatic nitrogens is 2. The molecule has 21 heavy (non-hydrogen) atoms. The van der Waals surface area contributed by atoms with E-state index in [-0.39, 0.29) is 5.56 Å². The lowest BCUT2D eigenvalue weighted by Crippen LogP contribution is -2.21. The predicted octanol–water partition coefficient (Wildman–Crippen LogP) is 3.61. The van der Waals surface area contributed by atoms with E-state index < -0.39 is 34.6 Å². The van der Waals surface area contributed by atoms with Crippen molar-refractivity contribution < 1.29 is 31.3 Å². The Morgan fingerprint density at radius 1 is 1.10 bits per heavy atom. The fraction of sp³-hybridized carbons (Fsp3) is 0.182. The summed E-state index contributed by atoms with van der Waals surface area (Å²) in [6, 6.07) is 3.71. The van der Waals surface area contributed by atoms with Crippen LogP contribution in [0.4, 0.5) is 22.0 Å². The SMILES string of the molecule is O=C(Cl)C(F)(F)c1ccc(-c2noc(C(F)(F)F)n2)cc1. The summed E-state index contributed by atoms with van der Waals surface area (Å²) in [5.41, 5.74) is -0.693. The minimum absolute atomic E-state index is 0.0100. The van der Waals surface area contributed by atoms with Crippen molar-refractivity contribution in [2.45, 2.75) is 12.1 Å². The molecular weight excluding hydrogens is 323 g/mol. The lowest BCUT2D eigenvalue weighted by Gasteiger charge is -2.11. The first-order valence-corrected chi connectivity index (χ1v) is 5.59. The molecule has 1 aromatic heterocycles. The maximum atomic E-state index is 13.3. The van der Waals surface area contributed by atoms with Crippen LogP contribution in [0.1, 0.15) is 11.5 Å². The van der Waals surface area contributed by atoms with E-state index in [4.69, 9.17) is 11.6 Å². The number of carbonyl (C=O) groups excluding carboxylic acids is 1. The van der Waals surface area contributed by atoms with Gasteiger partial charge in [-0.25, -0.2) is 0 Å². The fourth-order valence-electron chi connectivity index (χ4n) is 1.40. The van der Waals surface area contributed by atoms with E-state index in [1.807, 2.05) is 0 Å². The molecule has 112 valence electrons. The highest BCUT2D eigenvalue weighted by atomic mass is 35.5. The summed E-state index contributed by atoms with van der Waals surface area (Å²) >= 11 is 4.76. The summed E-state index contributed by atoms with van der Waals surface area (Å²) in [4.78, 5) is 13.7. The van der Waals surface area contributed by atoms with Gasteiger partial charge in [-0.1, -0.05) is 29.4 Å². The second-order valence-electron chi connectivity index (χ2n) is 3.85. The highest BCUT2D eigenvalue weighted by Gasteiger charge is 2.40. The molecule has 0 aliphatic rings. The standard InChI is InChI=1S/C11H4ClF5N2O2/c12-8(20)10(13,14)6-3-1-5(2-4-6)7-18-9(21-19-7)11(15,16)17/h1-4H. The van der Waals surface area contributed by atoms with Gasteiger partial charge in [0, 0.05) is 11.1 Å². The van der Waals surface area contributed by atoms with Gasteiger partial charge in [-0.15, -0.1) is 0 Å². The molecule has 0 radical (unpaired) electrons. The second-order valence-corrected chi connectivity index (χ2v) is 4.19. The quantitative estimate of drug-likeness (QED) is 0.638. The topological polar surface area (TPSA) is 56.0 Å². The number of benzene rings is 1. The lowest BCUT2D eigenvalue weighted by molar-refractivity contribution is -0.159. The Kier molecular flexibility index (Phi) is 3.70. The van der Waals surface area contributed by atoms with Crippen molar-refractivity contribution in [1.82, 2.24) is 10.1 Å². The number of hydrogen-bond acceptors (Lipinski definition) is 4. The Bertz CT molecular complexity index is 666. The van der Waals surface area contributed by atoms with Gasteiger partial charge in [0.05, 0.1) is 0 Å². The summed E-state index contributed by atoms with van der Waals surface area (Å²) in [7, 11) is 0. The third-order valence-electron chi connectivity index (χ3n) is 2.42. The zero-order chi connectivity index (χ0) is 15.8. The largest absolute Gasteiger partial charge is 0.471 e. The van der Waals surface area contributed by atoms with E-state index in [0.717, 1.165) is 24.3 Å². The molecule has 0 bridgehead atoms. The highest BCUT2D eigenvalue weighted by Crippen LogP contribution is 2.33. The number of alkyl halides is 5. The predicted molar refractivity (Wildman–Crippen MR) is 59.5 cm³/mol. The molecule has 0 spiro atoms. The van der Waals surface area contributed by atoms with Crippen LogP contribution in [0.15, 0.2) is 28.8 Å². The van der Waals surface area contributed by atoms with Gasteiger partial charge in [0.2, 0.25) is 5.82 Å². The molecule has 0 N–H and O–H groups in total. The molecule has 4 nitrogen and oxygen atoms in total. The Hall–Kier alpha value is -2.03. The van der Waals surface area contributed by atoms with E-state index in [9.17, 15) is 26.7 Å². The van der Waals surface area contributed by atoms with Crippen molar-refractivity contribution in [2.24, 2.45) is 0 Å². The van der Waals surface area contributed by atoms with Gasteiger partial charge in [-0.2, -0.15) is 26.9 Å².